The number of benzene rings is 1. The van der Waals surface area contributed by atoms with Crippen LogP contribution in [0.2, 0.25) is 0 Å². The molecule has 1 aromatic rings. The van der Waals surface area contributed by atoms with Crippen LogP contribution in [-0.2, 0) is 11.3 Å². The van der Waals surface area contributed by atoms with Crippen LogP contribution in [0.1, 0.15) is 24.8 Å². The number of hydrogen-bond donors (Lipinski definition) is 0. The Morgan fingerprint density at radius 2 is 1.95 bits per heavy atom. The predicted octanol–water partition coefficient (Wildman–Crippen LogP) is 3.37. The summed E-state index contributed by atoms with van der Waals surface area (Å²) in [5.41, 5.74) is 9.65. The van der Waals surface area contributed by atoms with Gasteiger partial charge in [0.1, 0.15) is 0 Å². The molecule has 2 rings (SSSR count). The molecular weight excluding hydrogens is 252 g/mol. The molecule has 1 aliphatic heterocycles. The topological polar surface area (TPSA) is 61.2 Å². The molecule has 1 saturated heterocycles. The Hall–Kier alpha value is -1.55. The molecule has 1 aromatic carbocycles. The number of likely N-dealkylation sites (tertiary alicyclic amines) is 1. The van der Waals surface area contributed by atoms with Crippen molar-refractivity contribution in [3.8, 4) is 0 Å². The lowest BCUT2D eigenvalue weighted by Gasteiger charge is -2.29. The summed E-state index contributed by atoms with van der Waals surface area (Å²) in [5, 5.41) is 3.68. The van der Waals surface area contributed by atoms with E-state index in [9.17, 15) is 0 Å². The van der Waals surface area contributed by atoms with E-state index in [0.29, 0.717) is 13.2 Å². The van der Waals surface area contributed by atoms with Gasteiger partial charge in [-0.2, -0.15) is 0 Å². The van der Waals surface area contributed by atoms with Crippen molar-refractivity contribution in [3.63, 3.8) is 0 Å². The minimum absolute atomic E-state index is 0.0239. The van der Waals surface area contributed by atoms with Gasteiger partial charge < -0.3 is 9.64 Å². The zero-order valence-corrected chi connectivity index (χ0v) is 11.8. The molecule has 1 heterocycles. The van der Waals surface area contributed by atoms with Crippen LogP contribution >= 0.6 is 0 Å². The third kappa shape index (κ3) is 5.21. The molecule has 0 N–H and O–H groups in total. The molecule has 0 saturated carbocycles. The summed E-state index contributed by atoms with van der Waals surface area (Å²) in [7, 11) is 0. The summed E-state index contributed by atoms with van der Waals surface area (Å²) < 4.78 is 5.93. The summed E-state index contributed by atoms with van der Waals surface area (Å²) in [6.45, 7) is 4.08. The molecule has 0 spiro atoms. The summed E-state index contributed by atoms with van der Waals surface area (Å²) in [6.07, 6.45) is 3.81. The van der Waals surface area contributed by atoms with Crippen molar-refractivity contribution < 1.29 is 4.74 Å². The lowest BCUT2D eigenvalue weighted by Crippen LogP contribution is -2.38. The van der Waals surface area contributed by atoms with E-state index in [1.165, 1.54) is 19.3 Å². The number of rotatable bonds is 7. The monoisotopic (exact) mass is 274 g/mol. The smallest absolute Gasteiger partial charge is 0.0762 e. The largest absolute Gasteiger partial charge is 0.372 e. The summed E-state index contributed by atoms with van der Waals surface area (Å²) >= 11 is 0. The predicted molar refractivity (Wildman–Crippen MR) is 79.3 cm³/mol. The van der Waals surface area contributed by atoms with Crippen molar-refractivity contribution >= 4 is 0 Å². The van der Waals surface area contributed by atoms with Crippen LogP contribution in [0.4, 0.5) is 0 Å². The van der Waals surface area contributed by atoms with Crippen LogP contribution in [0.3, 0.4) is 0 Å². The number of ether oxygens (including phenoxy) is 1. The molecule has 20 heavy (non-hydrogen) atoms. The summed E-state index contributed by atoms with van der Waals surface area (Å²) in [5.74, 6) is 0. The molecular formula is C15H22N4O. The second kappa shape index (κ2) is 8.59. The van der Waals surface area contributed by atoms with Gasteiger partial charge in [-0.25, -0.2) is 0 Å². The molecule has 0 aliphatic carbocycles. The van der Waals surface area contributed by atoms with Crippen LogP contribution < -0.4 is 0 Å². The Bertz CT molecular complexity index is 425. The van der Waals surface area contributed by atoms with Gasteiger partial charge in [0, 0.05) is 11.5 Å². The second-order valence-corrected chi connectivity index (χ2v) is 5.19. The third-order valence-corrected chi connectivity index (χ3v) is 3.59. The van der Waals surface area contributed by atoms with Crippen LogP contribution in [-0.4, -0.2) is 37.2 Å². The number of piperidine rings is 1. The van der Waals surface area contributed by atoms with Crippen molar-refractivity contribution in [2.45, 2.75) is 32.0 Å². The van der Waals surface area contributed by atoms with E-state index in [-0.39, 0.29) is 6.10 Å². The quantitative estimate of drug-likeness (QED) is 0.435. The number of hydrogen-bond acceptors (Lipinski definition) is 3. The minimum atomic E-state index is -0.0239. The molecule has 5 heteroatoms. The average molecular weight is 274 g/mol. The van der Waals surface area contributed by atoms with Crippen LogP contribution in [0.5, 0.6) is 0 Å². The molecule has 1 aliphatic rings. The highest BCUT2D eigenvalue weighted by molar-refractivity contribution is 5.13. The van der Waals surface area contributed by atoms with E-state index < -0.39 is 0 Å². The molecule has 1 unspecified atom stereocenters. The second-order valence-electron chi connectivity index (χ2n) is 5.19. The third-order valence-electron chi connectivity index (χ3n) is 3.59. The van der Waals surface area contributed by atoms with Gasteiger partial charge in [0.15, 0.2) is 0 Å². The van der Waals surface area contributed by atoms with Gasteiger partial charge in [0.25, 0.3) is 0 Å². The SMILES string of the molecule is [N-]=[N+]=NCC(CN1CCCCC1)OCc1ccccc1. The first-order valence-corrected chi connectivity index (χ1v) is 7.27. The molecule has 0 bridgehead atoms. The Morgan fingerprint density at radius 3 is 2.65 bits per heavy atom. The Morgan fingerprint density at radius 1 is 1.20 bits per heavy atom. The first-order chi connectivity index (χ1) is 9.88. The highest BCUT2D eigenvalue weighted by Gasteiger charge is 2.16. The average Bonchev–Trinajstić information content (AvgIpc) is 2.52. The van der Waals surface area contributed by atoms with Gasteiger partial charge in [-0.1, -0.05) is 41.9 Å². The van der Waals surface area contributed by atoms with Crippen molar-refractivity contribution in [3.05, 3.63) is 46.3 Å². The summed E-state index contributed by atoms with van der Waals surface area (Å²) in [4.78, 5) is 5.26. The zero-order valence-electron chi connectivity index (χ0n) is 11.8. The maximum absolute atomic E-state index is 8.50. The van der Waals surface area contributed by atoms with E-state index in [0.717, 1.165) is 25.2 Å². The highest BCUT2D eigenvalue weighted by atomic mass is 16.5. The lowest BCUT2D eigenvalue weighted by atomic mass is 10.1. The zero-order chi connectivity index (χ0) is 14.0. The van der Waals surface area contributed by atoms with Crippen LogP contribution in [0.25, 0.3) is 10.4 Å². The van der Waals surface area contributed by atoms with E-state index in [4.69, 9.17) is 10.3 Å². The van der Waals surface area contributed by atoms with E-state index >= 15 is 0 Å². The molecule has 5 nitrogen and oxygen atoms in total. The van der Waals surface area contributed by atoms with Crippen molar-refractivity contribution in [2.24, 2.45) is 5.11 Å². The number of nitrogens with zero attached hydrogens (tertiary/aromatic N) is 4. The fourth-order valence-corrected chi connectivity index (χ4v) is 2.51. The van der Waals surface area contributed by atoms with Crippen molar-refractivity contribution in [1.29, 1.82) is 0 Å². The Kier molecular flexibility index (Phi) is 6.38. The minimum Gasteiger partial charge on any atom is -0.372 e. The molecule has 0 aromatic heterocycles. The lowest BCUT2D eigenvalue weighted by molar-refractivity contribution is 0.0170. The molecule has 0 radical (unpaired) electrons. The van der Waals surface area contributed by atoms with E-state index in [1.54, 1.807) is 0 Å². The maximum Gasteiger partial charge on any atom is 0.0762 e. The fraction of sp³-hybridized carbons (Fsp3) is 0.600. The van der Waals surface area contributed by atoms with Gasteiger partial charge in [-0.3, -0.25) is 0 Å². The molecule has 1 fully saturated rings. The van der Waals surface area contributed by atoms with Crippen LogP contribution in [0.15, 0.2) is 35.4 Å². The van der Waals surface area contributed by atoms with Gasteiger partial charge in [0.2, 0.25) is 0 Å². The molecule has 108 valence electrons. The van der Waals surface area contributed by atoms with Gasteiger partial charge in [-0.15, -0.1) is 0 Å². The van der Waals surface area contributed by atoms with Gasteiger partial charge >= 0.3 is 0 Å². The fourth-order valence-electron chi connectivity index (χ4n) is 2.51. The van der Waals surface area contributed by atoms with Crippen molar-refractivity contribution in [1.82, 2.24) is 4.90 Å². The highest BCUT2D eigenvalue weighted by Crippen LogP contribution is 2.11. The first-order valence-electron chi connectivity index (χ1n) is 7.27. The standard InChI is InChI=1S/C15H22N4O/c16-18-17-11-15(12-19-9-5-2-6-10-19)20-13-14-7-3-1-4-8-14/h1,3-4,7-8,15H,2,5-6,9-13H2. The maximum atomic E-state index is 8.50. The molecule has 1 atom stereocenters. The normalized spacial score (nSPS) is 17.4. The summed E-state index contributed by atoms with van der Waals surface area (Å²) in [6, 6.07) is 10.1. The number of azide groups is 1. The first kappa shape index (κ1) is 14.9. The Balaban J connectivity index is 1.84. The Labute approximate surface area is 120 Å². The molecule has 0 amide bonds. The van der Waals surface area contributed by atoms with Gasteiger partial charge in [-0.05, 0) is 37.0 Å². The van der Waals surface area contributed by atoms with E-state index in [2.05, 4.69) is 14.9 Å². The van der Waals surface area contributed by atoms with Gasteiger partial charge in [0.05, 0.1) is 19.3 Å². The van der Waals surface area contributed by atoms with Crippen molar-refractivity contribution in [2.75, 3.05) is 26.2 Å². The van der Waals surface area contributed by atoms with E-state index in [1.807, 2.05) is 30.3 Å². The van der Waals surface area contributed by atoms with Crippen LogP contribution in [0, 0.1) is 0 Å².